The van der Waals surface area contributed by atoms with Gasteiger partial charge < -0.3 is 10.6 Å². The number of rotatable bonds is 4. The van der Waals surface area contributed by atoms with Gasteiger partial charge in [-0.25, -0.2) is 0 Å². The third kappa shape index (κ3) is 3.17. The maximum Gasteiger partial charge on any atom is 0.104 e. The van der Waals surface area contributed by atoms with E-state index in [9.17, 15) is 0 Å². The normalized spacial score (nSPS) is 10.3. The fraction of sp³-hybridized carbons (Fsp3) is 0.235. The minimum atomic E-state index is 0.437. The van der Waals surface area contributed by atoms with Crippen LogP contribution in [0.25, 0.3) is 0 Å². The summed E-state index contributed by atoms with van der Waals surface area (Å²) in [7, 11) is 2.09. The Morgan fingerprint density at radius 1 is 1.10 bits per heavy atom. The van der Waals surface area contributed by atoms with Crippen LogP contribution >= 0.6 is 12.2 Å². The number of hydrogen-bond donors (Lipinski definition) is 1. The molecule has 0 aliphatic rings. The number of anilines is 1. The first-order valence-electron chi connectivity index (χ1n) is 6.65. The van der Waals surface area contributed by atoms with E-state index in [1.165, 1.54) is 16.7 Å². The van der Waals surface area contributed by atoms with Gasteiger partial charge in [-0.1, -0.05) is 42.5 Å². The van der Waals surface area contributed by atoms with E-state index < -0.39 is 0 Å². The van der Waals surface area contributed by atoms with Crippen molar-refractivity contribution >= 4 is 22.9 Å². The van der Waals surface area contributed by atoms with Crippen molar-refractivity contribution in [1.29, 1.82) is 0 Å². The van der Waals surface area contributed by atoms with Gasteiger partial charge in [0, 0.05) is 24.8 Å². The Hall–Kier alpha value is -1.87. The summed E-state index contributed by atoms with van der Waals surface area (Å²) in [6, 6.07) is 14.5. The molecule has 0 atom stereocenters. The standard InChI is InChI=1S/C17H20N2S/c1-12-6-4-7-13(2)16(12)11-19(3)15-9-5-8-14(10-15)17(18)20/h4-10H,11H2,1-3H3,(H2,18,20). The van der Waals surface area contributed by atoms with Gasteiger partial charge in [-0.3, -0.25) is 0 Å². The number of benzene rings is 2. The topological polar surface area (TPSA) is 29.3 Å². The summed E-state index contributed by atoms with van der Waals surface area (Å²) in [6.45, 7) is 5.18. The minimum absolute atomic E-state index is 0.437. The van der Waals surface area contributed by atoms with Gasteiger partial charge in [0.1, 0.15) is 4.99 Å². The number of nitrogens with two attached hydrogens (primary N) is 1. The summed E-state index contributed by atoms with van der Waals surface area (Å²) >= 11 is 5.04. The summed E-state index contributed by atoms with van der Waals surface area (Å²) in [4.78, 5) is 2.66. The quantitative estimate of drug-likeness (QED) is 0.870. The van der Waals surface area contributed by atoms with Crippen LogP contribution in [-0.4, -0.2) is 12.0 Å². The summed E-state index contributed by atoms with van der Waals surface area (Å²) in [5.74, 6) is 0. The van der Waals surface area contributed by atoms with Gasteiger partial charge in [0.05, 0.1) is 0 Å². The van der Waals surface area contributed by atoms with E-state index in [1.54, 1.807) is 0 Å². The minimum Gasteiger partial charge on any atom is -0.389 e. The first kappa shape index (κ1) is 14.5. The molecule has 0 amide bonds. The molecule has 0 radical (unpaired) electrons. The second-order valence-electron chi connectivity index (χ2n) is 5.14. The van der Waals surface area contributed by atoms with Crippen molar-refractivity contribution in [3.8, 4) is 0 Å². The Labute approximate surface area is 126 Å². The SMILES string of the molecule is Cc1cccc(C)c1CN(C)c1cccc(C(N)=S)c1. The van der Waals surface area contributed by atoms with E-state index in [0.29, 0.717) is 4.99 Å². The molecule has 2 aromatic rings. The first-order valence-corrected chi connectivity index (χ1v) is 7.06. The molecule has 0 aliphatic heterocycles. The van der Waals surface area contributed by atoms with E-state index in [1.807, 2.05) is 18.2 Å². The van der Waals surface area contributed by atoms with Crippen LogP contribution in [0.1, 0.15) is 22.3 Å². The largest absolute Gasteiger partial charge is 0.389 e. The molecule has 0 aromatic heterocycles. The lowest BCUT2D eigenvalue weighted by molar-refractivity contribution is 0.905. The third-order valence-corrected chi connectivity index (χ3v) is 3.85. The van der Waals surface area contributed by atoms with E-state index in [2.05, 4.69) is 50.1 Å². The van der Waals surface area contributed by atoms with Crippen LogP contribution in [0.5, 0.6) is 0 Å². The Morgan fingerprint density at radius 3 is 2.30 bits per heavy atom. The number of nitrogens with zero attached hydrogens (tertiary/aromatic N) is 1. The van der Waals surface area contributed by atoms with Crippen LogP contribution < -0.4 is 10.6 Å². The van der Waals surface area contributed by atoms with Crippen molar-refractivity contribution in [1.82, 2.24) is 0 Å². The van der Waals surface area contributed by atoms with E-state index in [-0.39, 0.29) is 0 Å². The molecule has 0 fully saturated rings. The maximum atomic E-state index is 5.70. The predicted octanol–water partition coefficient (Wildman–Crippen LogP) is 3.57. The smallest absolute Gasteiger partial charge is 0.104 e. The summed E-state index contributed by atoms with van der Waals surface area (Å²) < 4.78 is 0. The Morgan fingerprint density at radius 2 is 1.70 bits per heavy atom. The molecule has 0 bridgehead atoms. The van der Waals surface area contributed by atoms with Crippen molar-refractivity contribution < 1.29 is 0 Å². The van der Waals surface area contributed by atoms with Crippen LogP contribution in [0.3, 0.4) is 0 Å². The number of hydrogen-bond acceptors (Lipinski definition) is 2. The molecule has 0 heterocycles. The fourth-order valence-corrected chi connectivity index (χ4v) is 2.45. The first-order chi connectivity index (χ1) is 9.49. The predicted molar refractivity (Wildman–Crippen MR) is 90.4 cm³/mol. The van der Waals surface area contributed by atoms with Crippen LogP contribution in [0.15, 0.2) is 42.5 Å². The molecule has 0 saturated heterocycles. The van der Waals surface area contributed by atoms with Gasteiger partial charge in [-0.2, -0.15) is 0 Å². The van der Waals surface area contributed by atoms with Crippen LogP contribution in [0.4, 0.5) is 5.69 Å². The molecule has 0 aliphatic carbocycles. The highest BCUT2D eigenvalue weighted by molar-refractivity contribution is 7.80. The Bertz CT molecular complexity index is 614. The zero-order chi connectivity index (χ0) is 14.7. The molecule has 2 nitrogen and oxygen atoms in total. The van der Waals surface area contributed by atoms with Crippen LogP contribution in [0.2, 0.25) is 0 Å². The molecule has 2 N–H and O–H groups in total. The molecule has 0 unspecified atom stereocenters. The summed E-state index contributed by atoms with van der Waals surface area (Å²) in [5, 5.41) is 0. The van der Waals surface area contributed by atoms with E-state index in [4.69, 9.17) is 18.0 Å². The second kappa shape index (κ2) is 6.06. The van der Waals surface area contributed by atoms with Crippen molar-refractivity contribution in [2.75, 3.05) is 11.9 Å². The van der Waals surface area contributed by atoms with Gasteiger partial charge in [0.15, 0.2) is 0 Å². The van der Waals surface area contributed by atoms with Gasteiger partial charge >= 0.3 is 0 Å². The number of aryl methyl sites for hydroxylation is 2. The van der Waals surface area contributed by atoms with Crippen molar-refractivity contribution in [2.45, 2.75) is 20.4 Å². The van der Waals surface area contributed by atoms with Crippen molar-refractivity contribution in [2.24, 2.45) is 5.73 Å². The van der Waals surface area contributed by atoms with Gasteiger partial charge in [0.2, 0.25) is 0 Å². The number of thiocarbonyl (C=S) groups is 1. The lowest BCUT2D eigenvalue weighted by atomic mass is 10.0. The zero-order valence-corrected chi connectivity index (χ0v) is 13.0. The van der Waals surface area contributed by atoms with E-state index in [0.717, 1.165) is 17.8 Å². The highest BCUT2D eigenvalue weighted by Crippen LogP contribution is 2.20. The Kier molecular flexibility index (Phi) is 4.40. The highest BCUT2D eigenvalue weighted by atomic mass is 32.1. The monoisotopic (exact) mass is 284 g/mol. The maximum absolute atomic E-state index is 5.70. The lowest BCUT2D eigenvalue weighted by Crippen LogP contribution is -2.19. The van der Waals surface area contributed by atoms with Crippen molar-refractivity contribution in [3.05, 3.63) is 64.7 Å². The Balaban J connectivity index is 2.26. The molecule has 20 heavy (non-hydrogen) atoms. The average Bonchev–Trinajstić information content (AvgIpc) is 2.43. The summed E-state index contributed by atoms with van der Waals surface area (Å²) in [5.41, 5.74) is 11.7. The molecular formula is C17H20N2S. The van der Waals surface area contributed by atoms with Crippen LogP contribution in [-0.2, 0) is 6.54 Å². The molecular weight excluding hydrogens is 264 g/mol. The second-order valence-corrected chi connectivity index (χ2v) is 5.58. The van der Waals surface area contributed by atoms with Gasteiger partial charge in [-0.15, -0.1) is 0 Å². The molecule has 104 valence electrons. The summed E-state index contributed by atoms with van der Waals surface area (Å²) in [6.07, 6.45) is 0. The third-order valence-electron chi connectivity index (χ3n) is 3.61. The molecule has 0 spiro atoms. The highest BCUT2D eigenvalue weighted by Gasteiger charge is 2.08. The van der Waals surface area contributed by atoms with Gasteiger partial charge in [-0.05, 0) is 42.7 Å². The molecule has 2 aromatic carbocycles. The molecule has 3 heteroatoms. The lowest BCUT2D eigenvalue weighted by Gasteiger charge is -2.22. The zero-order valence-electron chi connectivity index (χ0n) is 12.2. The fourth-order valence-electron chi connectivity index (χ4n) is 2.32. The van der Waals surface area contributed by atoms with E-state index >= 15 is 0 Å². The average molecular weight is 284 g/mol. The van der Waals surface area contributed by atoms with Crippen LogP contribution in [0, 0.1) is 13.8 Å². The molecule has 0 saturated carbocycles. The van der Waals surface area contributed by atoms with Gasteiger partial charge in [0.25, 0.3) is 0 Å². The van der Waals surface area contributed by atoms with Crippen molar-refractivity contribution in [3.63, 3.8) is 0 Å². The molecule has 2 rings (SSSR count).